The number of amides is 1. The first-order valence-electron chi connectivity index (χ1n) is 15.9. The summed E-state index contributed by atoms with van der Waals surface area (Å²) >= 11 is 5.31. The van der Waals surface area contributed by atoms with Gasteiger partial charge in [-0.05, 0) is 34.5 Å². The highest BCUT2D eigenvalue weighted by Gasteiger charge is 2.52. The lowest BCUT2D eigenvalue weighted by Crippen LogP contribution is -2.64. The molecule has 0 aromatic heterocycles. The molecular formula is C34H39N3O13S. The molecule has 2 aromatic rings. The number of esters is 4. The van der Waals surface area contributed by atoms with E-state index in [1.54, 1.807) is 0 Å². The summed E-state index contributed by atoms with van der Waals surface area (Å²) in [7, 11) is 0. The van der Waals surface area contributed by atoms with Crippen molar-refractivity contribution in [3.05, 3.63) is 59.7 Å². The Labute approximate surface area is 298 Å². The van der Waals surface area contributed by atoms with Crippen LogP contribution in [0.4, 0.5) is 4.79 Å². The first-order chi connectivity index (χ1) is 24.2. The molecule has 1 saturated heterocycles. The lowest BCUT2D eigenvalue weighted by molar-refractivity contribution is -0.251. The summed E-state index contributed by atoms with van der Waals surface area (Å²) in [5, 5.41) is 17.5. The molecule has 1 aliphatic heterocycles. The van der Waals surface area contributed by atoms with Crippen LogP contribution in [0.5, 0.6) is 0 Å². The molecule has 2 aliphatic rings. The van der Waals surface area contributed by atoms with Crippen LogP contribution in [0.3, 0.4) is 0 Å². The lowest BCUT2D eigenvalue weighted by atomic mass is 9.94. The van der Waals surface area contributed by atoms with Crippen molar-refractivity contribution in [3.8, 4) is 11.1 Å². The number of alkyl carbamates (subject to hydrolysis) is 1. The van der Waals surface area contributed by atoms with Crippen molar-refractivity contribution in [3.63, 3.8) is 0 Å². The minimum Gasteiger partial charge on any atom is -0.480 e. The van der Waals surface area contributed by atoms with Crippen LogP contribution in [0.1, 0.15) is 44.7 Å². The van der Waals surface area contributed by atoms with Crippen molar-refractivity contribution in [2.75, 3.05) is 26.3 Å². The van der Waals surface area contributed by atoms with E-state index in [-0.39, 0.29) is 30.7 Å². The standard InChI is InChI=1S/C34H39N3O13S/c1-17(38)45-16-28-30(48-19(3)40)31(49-20(4)41)29(47-18(2)39)27(50-28)14-36-33(51)35-13-26(32(42)43)37-34(44)46-15-25-23-11-7-5-9-21(23)22-10-6-8-12-24(22)25/h5-12,25-31H,13-16H2,1-4H3,(H,37,44)(H,42,43)(H2,35,36,51)/t26-,27+,28+,29-,30-,31+/m0/s1. The van der Waals surface area contributed by atoms with Crippen molar-refractivity contribution in [2.24, 2.45) is 0 Å². The number of benzene rings is 2. The van der Waals surface area contributed by atoms with Gasteiger partial charge >= 0.3 is 35.9 Å². The van der Waals surface area contributed by atoms with Crippen LogP contribution in [0, 0.1) is 0 Å². The fourth-order valence-corrected chi connectivity index (χ4v) is 6.08. The molecule has 4 rings (SSSR count). The Morgan fingerprint density at radius 3 is 1.78 bits per heavy atom. The number of thiocarbonyl (C=S) groups is 1. The van der Waals surface area contributed by atoms with Gasteiger partial charge in [-0.3, -0.25) is 19.2 Å². The molecule has 4 N–H and O–H groups in total. The molecule has 0 spiro atoms. The van der Waals surface area contributed by atoms with Gasteiger partial charge in [-0.15, -0.1) is 0 Å². The van der Waals surface area contributed by atoms with E-state index >= 15 is 0 Å². The molecule has 17 heteroatoms. The molecule has 0 unspecified atom stereocenters. The molecule has 6 atom stereocenters. The number of aliphatic carboxylic acids is 1. The molecule has 0 saturated carbocycles. The maximum absolute atomic E-state index is 12.7. The van der Waals surface area contributed by atoms with Crippen molar-refractivity contribution in [1.29, 1.82) is 0 Å². The molecule has 1 heterocycles. The van der Waals surface area contributed by atoms with Gasteiger partial charge in [0.2, 0.25) is 0 Å². The van der Waals surface area contributed by atoms with E-state index in [1.807, 2.05) is 48.5 Å². The number of ether oxygens (including phenoxy) is 6. The molecular weight excluding hydrogens is 690 g/mol. The minimum absolute atomic E-state index is 0.0183. The highest BCUT2D eigenvalue weighted by molar-refractivity contribution is 7.80. The van der Waals surface area contributed by atoms with Crippen LogP contribution >= 0.6 is 12.2 Å². The van der Waals surface area contributed by atoms with Crippen LogP contribution in [0.2, 0.25) is 0 Å². The normalized spacial score (nSPS) is 21.1. The summed E-state index contributed by atoms with van der Waals surface area (Å²) in [5.74, 6) is -4.57. The summed E-state index contributed by atoms with van der Waals surface area (Å²) in [6, 6.07) is 14.1. The van der Waals surface area contributed by atoms with E-state index in [0.29, 0.717) is 0 Å². The number of fused-ring (bicyclic) bond motifs is 3. The molecule has 0 bridgehead atoms. The summed E-state index contributed by atoms with van der Waals surface area (Å²) < 4.78 is 32.7. The van der Waals surface area contributed by atoms with Crippen LogP contribution in [0.25, 0.3) is 11.1 Å². The van der Waals surface area contributed by atoms with Crippen molar-refractivity contribution in [1.82, 2.24) is 16.0 Å². The summed E-state index contributed by atoms with van der Waals surface area (Å²) in [6.07, 6.45) is -7.21. The van der Waals surface area contributed by atoms with Gasteiger partial charge in [0.1, 0.15) is 31.5 Å². The number of carbonyl (C=O) groups is 6. The van der Waals surface area contributed by atoms with Gasteiger partial charge in [0.15, 0.2) is 23.4 Å². The first kappa shape index (κ1) is 38.5. The molecule has 51 heavy (non-hydrogen) atoms. The van der Waals surface area contributed by atoms with Gasteiger partial charge in [0.25, 0.3) is 0 Å². The van der Waals surface area contributed by atoms with Crippen LogP contribution < -0.4 is 16.0 Å². The van der Waals surface area contributed by atoms with Crippen LogP contribution in [-0.4, -0.2) is 109 Å². The number of nitrogens with one attached hydrogen (secondary N) is 3. The zero-order valence-electron chi connectivity index (χ0n) is 28.2. The number of carbonyl (C=O) groups excluding carboxylic acids is 5. The van der Waals surface area contributed by atoms with Gasteiger partial charge in [0.05, 0.1) is 0 Å². The van der Waals surface area contributed by atoms with Crippen molar-refractivity contribution in [2.45, 2.75) is 70.2 Å². The predicted molar refractivity (Wildman–Crippen MR) is 180 cm³/mol. The van der Waals surface area contributed by atoms with Gasteiger partial charge in [0, 0.05) is 46.7 Å². The molecule has 0 radical (unpaired) electrons. The van der Waals surface area contributed by atoms with Gasteiger partial charge in [-0.25, -0.2) is 9.59 Å². The average molecular weight is 730 g/mol. The average Bonchev–Trinajstić information content (AvgIpc) is 3.38. The highest BCUT2D eigenvalue weighted by atomic mass is 32.1. The fraction of sp³-hybridized carbons (Fsp3) is 0.441. The second-order valence-electron chi connectivity index (χ2n) is 11.7. The maximum Gasteiger partial charge on any atom is 0.407 e. The van der Waals surface area contributed by atoms with Crippen molar-refractivity contribution < 1.29 is 62.3 Å². The number of carboxylic acids is 1. The summed E-state index contributed by atoms with van der Waals surface area (Å²) in [5.41, 5.74) is 4.08. The zero-order valence-corrected chi connectivity index (χ0v) is 29.1. The molecule has 274 valence electrons. The number of rotatable bonds is 13. The Kier molecular flexibility index (Phi) is 13.3. The molecule has 2 aromatic carbocycles. The van der Waals surface area contributed by atoms with E-state index in [9.17, 15) is 33.9 Å². The van der Waals surface area contributed by atoms with E-state index in [4.69, 9.17) is 40.6 Å². The fourth-order valence-electron chi connectivity index (χ4n) is 5.92. The third-order valence-electron chi connectivity index (χ3n) is 7.95. The predicted octanol–water partition coefficient (Wildman–Crippen LogP) is 1.57. The van der Waals surface area contributed by atoms with Gasteiger partial charge in [-0.1, -0.05) is 48.5 Å². The Morgan fingerprint density at radius 1 is 0.725 bits per heavy atom. The Hall–Kier alpha value is -5.29. The first-order valence-corrected chi connectivity index (χ1v) is 16.3. The Balaban J connectivity index is 1.37. The van der Waals surface area contributed by atoms with Crippen LogP contribution in [-0.2, 0) is 52.4 Å². The summed E-state index contributed by atoms with van der Waals surface area (Å²) in [6.45, 7) is 3.50. The number of hydrogen-bond donors (Lipinski definition) is 4. The second-order valence-corrected chi connectivity index (χ2v) is 12.1. The quantitative estimate of drug-likeness (QED) is 0.131. The molecule has 1 amide bonds. The van der Waals surface area contributed by atoms with E-state index < -0.39 is 79.1 Å². The highest BCUT2D eigenvalue weighted by Crippen LogP contribution is 2.44. The number of hydrogen-bond acceptors (Lipinski definition) is 13. The van der Waals surface area contributed by atoms with E-state index in [2.05, 4.69) is 16.0 Å². The Morgan fingerprint density at radius 2 is 1.25 bits per heavy atom. The second kappa shape index (κ2) is 17.6. The monoisotopic (exact) mass is 729 g/mol. The van der Waals surface area contributed by atoms with Crippen molar-refractivity contribution >= 4 is 53.3 Å². The minimum atomic E-state index is -1.45. The summed E-state index contributed by atoms with van der Waals surface area (Å²) in [4.78, 5) is 72.3. The lowest BCUT2D eigenvalue weighted by Gasteiger charge is -2.44. The van der Waals surface area contributed by atoms with Gasteiger partial charge < -0.3 is 49.5 Å². The molecule has 1 aliphatic carbocycles. The molecule has 16 nitrogen and oxygen atoms in total. The third-order valence-corrected chi connectivity index (χ3v) is 8.24. The SMILES string of the molecule is CC(=O)OC[C@H]1O[C@H](CNC(=S)NC[C@H](NC(=O)OCC2c3ccccc3-c3ccccc32)C(=O)O)[C@H](OC(C)=O)[C@@H](OC(C)=O)[C@H]1OC(C)=O. The zero-order chi connectivity index (χ0) is 37.2. The van der Waals surface area contributed by atoms with Crippen LogP contribution in [0.15, 0.2) is 48.5 Å². The largest absolute Gasteiger partial charge is 0.480 e. The smallest absolute Gasteiger partial charge is 0.407 e. The number of carboxylic acid groups (broad SMARTS) is 1. The third kappa shape index (κ3) is 10.4. The van der Waals surface area contributed by atoms with E-state index in [0.717, 1.165) is 49.9 Å². The van der Waals surface area contributed by atoms with E-state index in [1.165, 1.54) is 0 Å². The topological polar surface area (TPSA) is 214 Å². The maximum atomic E-state index is 12.7. The Bertz CT molecular complexity index is 1610. The van der Waals surface area contributed by atoms with Gasteiger partial charge in [-0.2, -0.15) is 0 Å². The molecule has 1 fully saturated rings.